The fourth-order valence-electron chi connectivity index (χ4n) is 3.06. The summed E-state index contributed by atoms with van der Waals surface area (Å²) in [7, 11) is 0. The van der Waals surface area contributed by atoms with Crippen LogP contribution in [0.4, 0.5) is 0 Å². The van der Waals surface area contributed by atoms with Crippen molar-refractivity contribution >= 4 is 0 Å². The second-order valence-corrected chi connectivity index (χ2v) is 5.70. The van der Waals surface area contributed by atoms with Crippen LogP contribution >= 0.6 is 0 Å². The molecule has 4 nitrogen and oxygen atoms in total. The van der Waals surface area contributed by atoms with E-state index in [1.807, 2.05) is 0 Å². The molecule has 16 heavy (non-hydrogen) atoms. The lowest BCUT2D eigenvalue weighted by atomic mass is 9.79. The molecule has 0 aromatic carbocycles. The van der Waals surface area contributed by atoms with Crippen molar-refractivity contribution in [1.29, 1.82) is 0 Å². The van der Waals surface area contributed by atoms with E-state index in [1.54, 1.807) is 0 Å². The standard InChI is InChI=1S/C12H24N2O2/c1-8-2-3-10(13)9(4-8)5-14-6-11(15)12(16)7-14/h8-12,15-16H,2-7,13H2,1H3. The summed E-state index contributed by atoms with van der Waals surface area (Å²) in [6, 6.07) is 0.297. The summed E-state index contributed by atoms with van der Waals surface area (Å²) in [4.78, 5) is 2.15. The van der Waals surface area contributed by atoms with Crippen molar-refractivity contribution in [1.82, 2.24) is 4.90 Å². The van der Waals surface area contributed by atoms with Gasteiger partial charge in [0.2, 0.25) is 0 Å². The van der Waals surface area contributed by atoms with Gasteiger partial charge in [-0.15, -0.1) is 0 Å². The van der Waals surface area contributed by atoms with Crippen molar-refractivity contribution in [2.24, 2.45) is 17.6 Å². The molecule has 0 radical (unpaired) electrons. The number of nitrogens with two attached hydrogens (primary N) is 1. The van der Waals surface area contributed by atoms with Crippen LogP contribution in [0.25, 0.3) is 0 Å². The molecule has 4 N–H and O–H groups in total. The highest BCUT2D eigenvalue weighted by Crippen LogP contribution is 2.29. The maximum Gasteiger partial charge on any atom is 0.0938 e. The van der Waals surface area contributed by atoms with Crippen molar-refractivity contribution < 1.29 is 10.2 Å². The number of hydrogen-bond donors (Lipinski definition) is 3. The first kappa shape index (κ1) is 12.3. The average Bonchev–Trinajstić information content (AvgIpc) is 2.52. The molecule has 1 heterocycles. The van der Waals surface area contributed by atoms with Crippen molar-refractivity contribution in [3.63, 3.8) is 0 Å². The summed E-state index contributed by atoms with van der Waals surface area (Å²) >= 11 is 0. The van der Waals surface area contributed by atoms with Gasteiger partial charge >= 0.3 is 0 Å². The number of β-amino-alcohol motifs (C(OH)–C–C–N with tert-alkyl or cyclic N) is 2. The molecule has 0 amide bonds. The van der Waals surface area contributed by atoms with Crippen LogP contribution in [0.3, 0.4) is 0 Å². The number of rotatable bonds is 2. The van der Waals surface area contributed by atoms with Gasteiger partial charge in [-0.2, -0.15) is 0 Å². The summed E-state index contributed by atoms with van der Waals surface area (Å²) in [5.74, 6) is 1.29. The molecule has 0 bridgehead atoms. The van der Waals surface area contributed by atoms with Crippen LogP contribution in [0, 0.1) is 11.8 Å². The van der Waals surface area contributed by atoms with E-state index in [0.717, 1.165) is 18.9 Å². The van der Waals surface area contributed by atoms with Gasteiger partial charge < -0.3 is 15.9 Å². The van der Waals surface area contributed by atoms with Gasteiger partial charge in [0.15, 0.2) is 0 Å². The minimum absolute atomic E-state index is 0.297. The number of aliphatic hydroxyl groups excluding tert-OH is 2. The molecule has 0 spiro atoms. The average molecular weight is 228 g/mol. The van der Waals surface area contributed by atoms with Gasteiger partial charge in [0.05, 0.1) is 12.2 Å². The van der Waals surface area contributed by atoms with Crippen molar-refractivity contribution in [3.8, 4) is 0 Å². The van der Waals surface area contributed by atoms with E-state index < -0.39 is 12.2 Å². The van der Waals surface area contributed by atoms with Gasteiger partial charge in [-0.1, -0.05) is 6.92 Å². The Morgan fingerprint density at radius 3 is 2.44 bits per heavy atom. The summed E-state index contributed by atoms with van der Waals surface area (Å²) in [6.07, 6.45) is 2.40. The molecule has 2 fully saturated rings. The van der Waals surface area contributed by atoms with Crippen molar-refractivity contribution in [2.45, 2.75) is 44.4 Å². The summed E-state index contributed by atoms with van der Waals surface area (Å²) in [5, 5.41) is 19.0. The second-order valence-electron chi connectivity index (χ2n) is 5.70. The monoisotopic (exact) mass is 228 g/mol. The molecule has 2 rings (SSSR count). The zero-order valence-electron chi connectivity index (χ0n) is 10.0. The summed E-state index contributed by atoms with van der Waals surface area (Å²) < 4.78 is 0. The molecule has 2 aliphatic rings. The smallest absolute Gasteiger partial charge is 0.0938 e. The van der Waals surface area contributed by atoms with E-state index in [0.29, 0.717) is 25.0 Å². The third-order valence-electron chi connectivity index (χ3n) is 4.13. The van der Waals surface area contributed by atoms with Crippen LogP contribution in [0.15, 0.2) is 0 Å². The predicted molar refractivity (Wildman–Crippen MR) is 62.9 cm³/mol. The van der Waals surface area contributed by atoms with Crippen LogP contribution in [0.5, 0.6) is 0 Å². The lowest BCUT2D eigenvalue weighted by Crippen LogP contribution is -2.42. The molecular weight excluding hydrogens is 204 g/mol. The van der Waals surface area contributed by atoms with Gasteiger partial charge in [0.25, 0.3) is 0 Å². The Hall–Kier alpha value is -0.160. The van der Waals surface area contributed by atoms with Crippen LogP contribution in [-0.4, -0.2) is 53.0 Å². The van der Waals surface area contributed by atoms with Crippen molar-refractivity contribution in [2.75, 3.05) is 19.6 Å². The Balaban J connectivity index is 1.84. The Morgan fingerprint density at radius 1 is 1.19 bits per heavy atom. The fourth-order valence-corrected chi connectivity index (χ4v) is 3.06. The van der Waals surface area contributed by atoms with E-state index in [4.69, 9.17) is 5.73 Å². The highest BCUT2D eigenvalue weighted by molar-refractivity contribution is 4.88. The maximum atomic E-state index is 9.49. The van der Waals surface area contributed by atoms with Crippen LogP contribution in [0.2, 0.25) is 0 Å². The van der Waals surface area contributed by atoms with E-state index in [-0.39, 0.29) is 0 Å². The molecule has 5 unspecified atom stereocenters. The summed E-state index contributed by atoms with van der Waals surface area (Å²) in [6.45, 7) is 4.41. The minimum atomic E-state index is -0.572. The molecule has 4 heteroatoms. The summed E-state index contributed by atoms with van der Waals surface area (Å²) in [5.41, 5.74) is 6.14. The highest BCUT2D eigenvalue weighted by Gasteiger charge is 2.33. The molecule has 1 aliphatic heterocycles. The topological polar surface area (TPSA) is 69.7 Å². The zero-order valence-corrected chi connectivity index (χ0v) is 10.0. The first-order valence-electron chi connectivity index (χ1n) is 6.40. The zero-order chi connectivity index (χ0) is 11.7. The number of likely N-dealkylation sites (tertiary alicyclic amines) is 1. The molecule has 94 valence electrons. The van der Waals surface area contributed by atoms with E-state index >= 15 is 0 Å². The van der Waals surface area contributed by atoms with Gasteiger partial charge in [-0.3, -0.25) is 4.90 Å². The van der Waals surface area contributed by atoms with Crippen LogP contribution < -0.4 is 5.73 Å². The van der Waals surface area contributed by atoms with Crippen LogP contribution in [-0.2, 0) is 0 Å². The predicted octanol–water partition coefficient (Wildman–Crippen LogP) is -0.213. The van der Waals surface area contributed by atoms with Gasteiger partial charge in [-0.25, -0.2) is 0 Å². The molecule has 1 saturated heterocycles. The molecule has 0 aromatic rings. The molecule has 5 atom stereocenters. The Morgan fingerprint density at radius 2 is 1.81 bits per heavy atom. The first-order chi connectivity index (χ1) is 7.56. The molecule has 1 saturated carbocycles. The first-order valence-corrected chi connectivity index (χ1v) is 6.40. The lowest BCUT2D eigenvalue weighted by molar-refractivity contribution is 0.0572. The van der Waals surface area contributed by atoms with E-state index in [2.05, 4.69) is 11.8 Å². The minimum Gasteiger partial charge on any atom is -0.389 e. The second kappa shape index (κ2) is 5.00. The fraction of sp³-hybridized carbons (Fsp3) is 1.00. The van der Waals surface area contributed by atoms with E-state index in [9.17, 15) is 10.2 Å². The number of aliphatic hydroxyl groups is 2. The van der Waals surface area contributed by atoms with Crippen LogP contribution in [0.1, 0.15) is 26.2 Å². The van der Waals surface area contributed by atoms with Gasteiger partial charge in [0, 0.05) is 25.7 Å². The molecule has 1 aliphatic carbocycles. The molecular formula is C12H24N2O2. The third kappa shape index (κ3) is 2.74. The Labute approximate surface area is 97.4 Å². The maximum absolute atomic E-state index is 9.49. The van der Waals surface area contributed by atoms with Gasteiger partial charge in [-0.05, 0) is 31.1 Å². The van der Waals surface area contributed by atoms with E-state index in [1.165, 1.54) is 12.8 Å². The van der Waals surface area contributed by atoms with Crippen molar-refractivity contribution in [3.05, 3.63) is 0 Å². The van der Waals surface area contributed by atoms with Gasteiger partial charge in [0.1, 0.15) is 0 Å². The molecule has 0 aromatic heterocycles. The Bertz CT molecular complexity index is 227. The largest absolute Gasteiger partial charge is 0.389 e. The SMILES string of the molecule is CC1CCC(N)C(CN2CC(O)C(O)C2)C1. The lowest BCUT2D eigenvalue weighted by Gasteiger charge is -2.35. The Kier molecular flexibility index (Phi) is 3.85. The normalized spacial score (nSPS) is 46.1. The number of nitrogens with zero attached hydrogens (tertiary/aromatic N) is 1. The highest BCUT2D eigenvalue weighted by atomic mass is 16.3. The quantitative estimate of drug-likeness (QED) is 0.611. The number of hydrogen-bond acceptors (Lipinski definition) is 4. The third-order valence-corrected chi connectivity index (χ3v) is 4.13.